The number of carbonyl (C=O) groups excluding carboxylic acids is 3. The van der Waals surface area contributed by atoms with Crippen LogP contribution >= 0.6 is 0 Å². The summed E-state index contributed by atoms with van der Waals surface area (Å²) < 4.78 is 55.4. The topological polar surface area (TPSA) is 162 Å². The molecule has 3 amide bonds. The summed E-state index contributed by atoms with van der Waals surface area (Å²) in [5.74, 6) is -3.50. The van der Waals surface area contributed by atoms with Crippen LogP contribution in [0.25, 0.3) is 0 Å². The number of sulfonamides is 1. The second-order valence-corrected chi connectivity index (χ2v) is 17.1. The van der Waals surface area contributed by atoms with E-state index in [4.69, 9.17) is 5.73 Å². The molecule has 0 aromatic rings. The lowest BCUT2D eigenvalue weighted by Crippen LogP contribution is -2.55. The van der Waals surface area contributed by atoms with Crippen LogP contribution in [-0.2, 0) is 24.4 Å². The number of hydrogen-bond acceptors (Lipinski definition) is 7. The molecule has 0 heterocycles. The summed E-state index contributed by atoms with van der Waals surface area (Å²) in [6.07, 6.45) is 4.63. The van der Waals surface area contributed by atoms with Crippen molar-refractivity contribution in [3.05, 3.63) is 0 Å². The molecule has 0 radical (unpaired) electrons. The maximum atomic E-state index is 14.5. The largest absolute Gasteiger partial charge is 0.390 e. The number of aliphatic hydroxyl groups excluding tert-OH is 1. The van der Waals surface area contributed by atoms with Crippen LogP contribution in [0.4, 0.5) is 8.78 Å². The quantitative estimate of drug-likeness (QED) is 0.135. The van der Waals surface area contributed by atoms with Crippen molar-refractivity contribution < 1.29 is 36.7 Å². The van der Waals surface area contributed by atoms with Crippen LogP contribution in [0.1, 0.15) is 124 Å². The maximum Gasteiger partial charge on any atom is 0.225 e. The molecule has 0 aliphatic heterocycles. The summed E-state index contributed by atoms with van der Waals surface area (Å²) in [6.45, 7) is 7.28. The Morgan fingerprint density at radius 1 is 0.820 bits per heavy atom. The van der Waals surface area contributed by atoms with Crippen molar-refractivity contribution in [1.29, 1.82) is 0 Å². The average Bonchev–Trinajstić information content (AvgIpc) is 3.05. The Hall–Kier alpha value is -1.90. The van der Waals surface area contributed by atoms with E-state index in [1.807, 2.05) is 20.8 Å². The highest BCUT2D eigenvalue weighted by Crippen LogP contribution is 2.36. The normalized spacial score (nSPS) is 27.8. The first kappa shape index (κ1) is 42.5. The van der Waals surface area contributed by atoms with E-state index in [1.54, 1.807) is 4.90 Å². The SMILES string of the molecule is CCCCN(CC(O)C(CC1CC(F)CC(F)C1)NC(=O)C1CC(C(N)=O)CC(C(=O)N(CCC)CCC)C1)NS(=O)(=O)CC1CCCCC1. The Kier molecular flexibility index (Phi) is 17.8. The minimum Gasteiger partial charge on any atom is -0.390 e. The lowest BCUT2D eigenvalue weighted by atomic mass is 9.73. The summed E-state index contributed by atoms with van der Waals surface area (Å²) in [4.78, 5) is 44.4. The predicted molar refractivity (Wildman–Crippen MR) is 190 cm³/mol. The number of rotatable bonds is 20. The molecule has 0 aromatic heterocycles. The van der Waals surface area contributed by atoms with Gasteiger partial charge in [0.05, 0.1) is 17.9 Å². The van der Waals surface area contributed by atoms with Gasteiger partial charge in [-0.15, -0.1) is 4.83 Å². The average molecular weight is 734 g/mol. The number of hydrogen-bond donors (Lipinski definition) is 4. The lowest BCUT2D eigenvalue weighted by molar-refractivity contribution is -0.141. The molecule has 0 saturated heterocycles. The van der Waals surface area contributed by atoms with Crippen molar-refractivity contribution in [3.8, 4) is 0 Å². The van der Waals surface area contributed by atoms with E-state index in [2.05, 4.69) is 10.1 Å². The maximum absolute atomic E-state index is 14.5. The second-order valence-electron chi connectivity index (χ2n) is 15.4. The van der Waals surface area contributed by atoms with Crippen LogP contribution in [0, 0.1) is 29.6 Å². The van der Waals surface area contributed by atoms with Gasteiger partial charge in [0.2, 0.25) is 27.7 Å². The fourth-order valence-electron chi connectivity index (χ4n) is 8.33. The molecular formula is C36H65F2N5O6S. The number of unbranched alkanes of at least 4 members (excludes halogenated alkanes) is 1. The first-order valence-electron chi connectivity index (χ1n) is 19.3. The molecular weight excluding hydrogens is 668 g/mol. The second kappa shape index (κ2) is 21.0. The van der Waals surface area contributed by atoms with E-state index in [1.165, 1.54) is 5.01 Å². The Morgan fingerprint density at radius 2 is 1.42 bits per heavy atom. The number of aliphatic hydroxyl groups is 1. The Morgan fingerprint density at radius 3 is 2.00 bits per heavy atom. The van der Waals surface area contributed by atoms with Crippen molar-refractivity contribution in [2.75, 3.05) is 31.9 Å². The molecule has 3 rings (SSSR count). The molecule has 290 valence electrons. The minimum absolute atomic E-state index is 0.000271. The molecule has 0 aromatic carbocycles. The van der Waals surface area contributed by atoms with Crippen molar-refractivity contribution in [3.63, 3.8) is 0 Å². The number of alkyl halides is 2. The molecule has 11 nitrogen and oxygen atoms in total. The fraction of sp³-hybridized carbons (Fsp3) is 0.917. The molecule has 7 unspecified atom stereocenters. The first-order chi connectivity index (χ1) is 23.7. The van der Waals surface area contributed by atoms with Gasteiger partial charge in [-0.3, -0.25) is 14.4 Å². The number of hydrazine groups is 1. The third kappa shape index (κ3) is 13.9. The first-order valence-corrected chi connectivity index (χ1v) is 21.0. The van der Waals surface area contributed by atoms with Crippen LogP contribution in [0.3, 0.4) is 0 Å². The van der Waals surface area contributed by atoms with E-state index in [-0.39, 0.29) is 69.1 Å². The number of nitrogens with one attached hydrogen (secondary N) is 2. The molecule has 0 spiro atoms. The van der Waals surface area contributed by atoms with E-state index < -0.39 is 70.0 Å². The van der Waals surface area contributed by atoms with Gasteiger partial charge >= 0.3 is 0 Å². The van der Waals surface area contributed by atoms with Crippen LogP contribution < -0.4 is 15.9 Å². The molecule has 0 bridgehead atoms. The predicted octanol–water partition coefficient (Wildman–Crippen LogP) is 4.38. The van der Waals surface area contributed by atoms with E-state index in [0.717, 1.165) is 51.4 Å². The standard InChI is InChI=1S/C36H65F2N5O6S/c1-4-7-15-43(41-50(48,49)24-25-11-9-8-10-12-25)23-33(44)32(18-26-16-30(37)22-31(38)17-26)40-35(46)28-19-27(34(39)45)20-29(21-28)36(47)42(13-5-2)14-6-3/h25-33,41,44H,4-24H2,1-3H3,(H2,39,45)(H,40,46). The number of carbonyl (C=O) groups is 3. The van der Waals surface area contributed by atoms with E-state index >= 15 is 0 Å². The van der Waals surface area contributed by atoms with Gasteiger partial charge in [0.25, 0.3) is 0 Å². The molecule has 3 fully saturated rings. The van der Waals surface area contributed by atoms with Gasteiger partial charge in [-0.05, 0) is 82.5 Å². The van der Waals surface area contributed by atoms with Gasteiger partial charge in [0, 0.05) is 50.4 Å². The highest BCUT2D eigenvalue weighted by atomic mass is 32.2. The van der Waals surface area contributed by atoms with Gasteiger partial charge in [-0.25, -0.2) is 22.2 Å². The fourth-order valence-corrected chi connectivity index (χ4v) is 9.91. The zero-order valence-electron chi connectivity index (χ0n) is 30.7. The summed E-state index contributed by atoms with van der Waals surface area (Å²) >= 11 is 0. The minimum atomic E-state index is -3.71. The van der Waals surface area contributed by atoms with Gasteiger partial charge < -0.3 is 21.1 Å². The van der Waals surface area contributed by atoms with Crippen molar-refractivity contribution >= 4 is 27.7 Å². The summed E-state index contributed by atoms with van der Waals surface area (Å²) in [7, 11) is -3.71. The lowest BCUT2D eigenvalue weighted by Gasteiger charge is -2.37. The Labute approximate surface area is 299 Å². The van der Waals surface area contributed by atoms with Crippen LogP contribution in [0.15, 0.2) is 0 Å². The molecule has 7 atom stereocenters. The van der Waals surface area contributed by atoms with Crippen LogP contribution in [0.2, 0.25) is 0 Å². The van der Waals surface area contributed by atoms with Gasteiger partial charge in [0.1, 0.15) is 12.3 Å². The highest BCUT2D eigenvalue weighted by molar-refractivity contribution is 7.89. The molecule has 3 saturated carbocycles. The van der Waals surface area contributed by atoms with Crippen molar-refractivity contribution in [1.82, 2.24) is 20.1 Å². The van der Waals surface area contributed by atoms with Crippen molar-refractivity contribution in [2.45, 2.75) is 148 Å². The smallest absolute Gasteiger partial charge is 0.225 e. The molecule has 50 heavy (non-hydrogen) atoms. The number of amides is 3. The monoisotopic (exact) mass is 733 g/mol. The molecule has 3 aliphatic rings. The number of nitrogens with two attached hydrogens (primary N) is 1. The Balaban J connectivity index is 1.81. The van der Waals surface area contributed by atoms with Gasteiger partial charge in [-0.2, -0.15) is 0 Å². The third-order valence-corrected chi connectivity index (χ3v) is 12.3. The summed E-state index contributed by atoms with van der Waals surface area (Å²) in [5.41, 5.74) is 5.72. The highest BCUT2D eigenvalue weighted by Gasteiger charge is 2.41. The number of primary amides is 1. The third-order valence-electron chi connectivity index (χ3n) is 10.8. The molecule has 5 N–H and O–H groups in total. The zero-order chi connectivity index (χ0) is 36.8. The van der Waals surface area contributed by atoms with E-state index in [0.29, 0.717) is 26.1 Å². The number of halogens is 2. The van der Waals surface area contributed by atoms with Crippen molar-refractivity contribution in [2.24, 2.45) is 35.3 Å². The van der Waals surface area contributed by atoms with Crippen LogP contribution in [0.5, 0.6) is 0 Å². The molecule has 14 heteroatoms. The number of nitrogens with zero attached hydrogens (tertiary/aromatic N) is 2. The van der Waals surface area contributed by atoms with E-state index in [9.17, 15) is 36.7 Å². The zero-order valence-corrected chi connectivity index (χ0v) is 31.5. The Bertz CT molecular complexity index is 1160. The molecule has 3 aliphatic carbocycles. The van der Waals surface area contributed by atoms with Gasteiger partial charge in [0.15, 0.2) is 0 Å². The van der Waals surface area contributed by atoms with Crippen LogP contribution in [-0.4, -0.2) is 97.6 Å². The summed E-state index contributed by atoms with van der Waals surface area (Å²) in [5, 5.41) is 16.1. The van der Waals surface area contributed by atoms with Gasteiger partial charge in [-0.1, -0.05) is 46.5 Å². The summed E-state index contributed by atoms with van der Waals surface area (Å²) in [6, 6.07) is -0.947.